The maximum Gasteiger partial charge on any atom is 0.406 e. The van der Waals surface area contributed by atoms with Crippen molar-refractivity contribution in [3.63, 3.8) is 0 Å². The molecule has 0 amide bonds. The van der Waals surface area contributed by atoms with E-state index < -0.39 is 4.92 Å². The molecule has 7 nitrogen and oxygen atoms in total. The summed E-state index contributed by atoms with van der Waals surface area (Å²) < 4.78 is 1.72. The Balaban J connectivity index is 2.10. The first kappa shape index (κ1) is 11.8. The van der Waals surface area contributed by atoms with Gasteiger partial charge in [0.1, 0.15) is 0 Å². The Morgan fingerprint density at radius 1 is 1.71 bits per heavy atom. The monoisotopic (exact) mass is 239 g/mol. The molecule has 0 aliphatic carbocycles. The van der Waals surface area contributed by atoms with Gasteiger partial charge in [-0.25, -0.2) is 0 Å². The van der Waals surface area contributed by atoms with Crippen LogP contribution in [0.15, 0.2) is 0 Å². The zero-order valence-electron chi connectivity index (χ0n) is 10.1. The summed E-state index contributed by atoms with van der Waals surface area (Å²) in [5.74, 6) is 1.03. The largest absolute Gasteiger partial charge is 0.406 e. The number of nitrogens with zero attached hydrogens (tertiary/aromatic N) is 3. The minimum absolute atomic E-state index is 0.0944. The number of rotatable bonds is 4. The van der Waals surface area contributed by atoms with Crippen LogP contribution in [0.3, 0.4) is 0 Å². The first-order valence-electron chi connectivity index (χ1n) is 5.74. The Morgan fingerprint density at radius 2 is 2.47 bits per heavy atom. The minimum Gasteiger partial charge on any atom is -0.363 e. The van der Waals surface area contributed by atoms with Gasteiger partial charge in [-0.15, -0.1) is 0 Å². The fraction of sp³-hybridized carbons (Fsp3) is 0.700. The third kappa shape index (κ3) is 2.38. The number of imidazole rings is 1. The van der Waals surface area contributed by atoms with Crippen LogP contribution in [-0.4, -0.2) is 33.6 Å². The van der Waals surface area contributed by atoms with Crippen molar-refractivity contribution in [2.45, 2.75) is 25.8 Å². The molecule has 94 valence electrons. The highest BCUT2D eigenvalue weighted by Gasteiger charge is 2.24. The predicted molar refractivity (Wildman–Crippen MR) is 64.1 cm³/mol. The zero-order chi connectivity index (χ0) is 12.4. The molecule has 2 rings (SSSR count). The van der Waals surface area contributed by atoms with Crippen LogP contribution in [0.5, 0.6) is 0 Å². The molecule has 2 heterocycles. The molecule has 1 saturated heterocycles. The zero-order valence-corrected chi connectivity index (χ0v) is 10.1. The van der Waals surface area contributed by atoms with Crippen LogP contribution in [-0.2, 0) is 7.05 Å². The molecule has 1 aliphatic heterocycles. The number of hydrogen-bond acceptors (Lipinski definition) is 5. The van der Waals surface area contributed by atoms with Gasteiger partial charge < -0.3 is 20.7 Å². The van der Waals surface area contributed by atoms with Crippen molar-refractivity contribution in [3.05, 3.63) is 15.9 Å². The van der Waals surface area contributed by atoms with Crippen molar-refractivity contribution in [1.82, 2.24) is 14.9 Å². The van der Waals surface area contributed by atoms with E-state index in [1.54, 1.807) is 18.5 Å². The number of aryl methyl sites for hydroxylation is 1. The molecule has 2 N–H and O–H groups in total. The Bertz CT molecular complexity index is 423. The second kappa shape index (κ2) is 4.70. The molecule has 17 heavy (non-hydrogen) atoms. The molecule has 0 saturated carbocycles. The lowest BCUT2D eigenvalue weighted by Gasteiger charge is -2.12. The highest BCUT2D eigenvalue weighted by Crippen LogP contribution is 2.23. The van der Waals surface area contributed by atoms with Gasteiger partial charge in [-0.2, -0.15) is 0 Å². The lowest BCUT2D eigenvalue weighted by Crippen LogP contribution is -2.30. The van der Waals surface area contributed by atoms with Crippen molar-refractivity contribution < 1.29 is 4.92 Å². The van der Waals surface area contributed by atoms with E-state index in [0.717, 1.165) is 13.0 Å². The summed E-state index contributed by atoms with van der Waals surface area (Å²) in [6.45, 7) is 3.48. The van der Waals surface area contributed by atoms with Crippen molar-refractivity contribution in [2.75, 3.05) is 18.4 Å². The lowest BCUT2D eigenvalue weighted by molar-refractivity contribution is -0.388. The summed E-state index contributed by atoms with van der Waals surface area (Å²) in [4.78, 5) is 14.3. The van der Waals surface area contributed by atoms with E-state index in [1.165, 1.54) is 6.42 Å². The molecule has 1 atom stereocenters. The molecule has 1 aromatic heterocycles. The topological polar surface area (TPSA) is 85.0 Å². The Hall–Kier alpha value is -1.63. The van der Waals surface area contributed by atoms with Crippen LogP contribution < -0.4 is 10.6 Å². The van der Waals surface area contributed by atoms with Crippen molar-refractivity contribution >= 4 is 11.6 Å². The van der Waals surface area contributed by atoms with Crippen LogP contribution >= 0.6 is 0 Å². The first-order valence-corrected chi connectivity index (χ1v) is 5.74. The van der Waals surface area contributed by atoms with E-state index in [0.29, 0.717) is 24.2 Å². The molecule has 0 bridgehead atoms. The highest BCUT2D eigenvalue weighted by atomic mass is 16.6. The molecule has 1 aromatic rings. The third-order valence-corrected chi connectivity index (χ3v) is 3.15. The summed E-state index contributed by atoms with van der Waals surface area (Å²) in [5, 5.41) is 17.3. The number of nitrogens with one attached hydrogen (secondary N) is 2. The Labute approximate surface area is 99.4 Å². The number of hydrogen-bond donors (Lipinski definition) is 2. The molecule has 0 aromatic carbocycles. The Morgan fingerprint density at radius 3 is 3.06 bits per heavy atom. The SMILES string of the molecule is Cc1nc([N+](=O)[O-])c(NCC2CCCN2)n1C. The van der Waals surface area contributed by atoms with Gasteiger partial charge in [-0.3, -0.25) is 4.57 Å². The average Bonchev–Trinajstić information content (AvgIpc) is 2.87. The second-order valence-corrected chi connectivity index (χ2v) is 4.32. The first-order chi connectivity index (χ1) is 8.09. The molecular weight excluding hydrogens is 222 g/mol. The average molecular weight is 239 g/mol. The van der Waals surface area contributed by atoms with Crippen LogP contribution in [0.4, 0.5) is 11.6 Å². The van der Waals surface area contributed by atoms with Gasteiger partial charge in [-0.1, -0.05) is 0 Å². The lowest BCUT2D eigenvalue weighted by atomic mass is 10.2. The summed E-state index contributed by atoms with van der Waals surface area (Å²) in [5.41, 5.74) is 0. The van der Waals surface area contributed by atoms with Gasteiger partial charge in [0.05, 0.1) is 0 Å². The van der Waals surface area contributed by atoms with Crippen LogP contribution in [0, 0.1) is 17.0 Å². The van der Waals surface area contributed by atoms with E-state index in [1.807, 2.05) is 0 Å². The summed E-state index contributed by atoms with van der Waals surface area (Å²) in [6.07, 6.45) is 2.27. The quantitative estimate of drug-likeness (QED) is 0.599. The fourth-order valence-corrected chi connectivity index (χ4v) is 2.07. The van der Waals surface area contributed by atoms with E-state index in [9.17, 15) is 10.1 Å². The van der Waals surface area contributed by atoms with Crippen molar-refractivity contribution in [3.8, 4) is 0 Å². The molecule has 1 unspecified atom stereocenters. The molecule has 1 fully saturated rings. The van der Waals surface area contributed by atoms with Gasteiger partial charge in [0.25, 0.3) is 0 Å². The standard InChI is InChI=1S/C10H17N5O2/c1-7-13-10(15(16)17)9(14(7)2)12-6-8-4-3-5-11-8/h8,11-12H,3-6H2,1-2H3. The smallest absolute Gasteiger partial charge is 0.363 e. The van der Waals surface area contributed by atoms with E-state index in [4.69, 9.17) is 0 Å². The molecule has 0 radical (unpaired) electrons. The number of anilines is 1. The van der Waals surface area contributed by atoms with Crippen molar-refractivity contribution in [1.29, 1.82) is 0 Å². The molecule has 1 aliphatic rings. The number of aromatic nitrogens is 2. The fourth-order valence-electron chi connectivity index (χ4n) is 2.07. The van der Waals surface area contributed by atoms with Gasteiger partial charge in [-0.05, 0) is 29.3 Å². The van der Waals surface area contributed by atoms with Crippen molar-refractivity contribution in [2.24, 2.45) is 7.05 Å². The van der Waals surface area contributed by atoms with Gasteiger partial charge >= 0.3 is 5.82 Å². The third-order valence-electron chi connectivity index (χ3n) is 3.15. The Kier molecular flexibility index (Phi) is 3.28. The summed E-state index contributed by atoms with van der Waals surface area (Å²) >= 11 is 0. The van der Waals surface area contributed by atoms with Gasteiger partial charge in [0.15, 0.2) is 0 Å². The van der Waals surface area contributed by atoms with Crippen LogP contribution in [0.2, 0.25) is 0 Å². The molecule has 7 heteroatoms. The van der Waals surface area contributed by atoms with E-state index in [2.05, 4.69) is 15.6 Å². The maximum absolute atomic E-state index is 10.9. The van der Waals surface area contributed by atoms with Gasteiger partial charge in [0, 0.05) is 26.6 Å². The predicted octanol–water partition coefficient (Wildman–Crippen LogP) is 0.801. The van der Waals surface area contributed by atoms with Crippen LogP contribution in [0.25, 0.3) is 0 Å². The van der Waals surface area contributed by atoms with E-state index in [-0.39, 0.29) is 5.82 Å². The maximum atomic E-state index is 10.9. The molecular formula is C10H17N5O2. The molecule has 0 spiro atoms. The van der Waals surface area contributed by atoms with Crippen LogP contribution in [0.1, 0.15) is 18.7 Å². The summed E-state index contributed by atoms with van der Waals surface area (Å²) in [7, 11) is 1.78. The highest BCUT2D eigenvalue weighted by molar-refractivity contribution is 5.53. The van der Waals surface area contributed by atoms with E-state index >= 15 is 0 Å². The number of nitro groups is 1. The normalized spacial score (nSPS) is 19.5. The van der Waals surface area contributed by atoms with Gasteiger partial charge in [0.2, 0.25) is 11.6 Å². The summed E-state index contributed by atoms with van der Waals surface area (Å²) in [6, 6.07) is 0.393. The second-order valence-electron chi connectivity index (χ2n) is 4.32. The minimum atomic E-state index is -0.447.